The highest BCUT2D eigenvalue weighted by atomic mass is 32.1. The van der Waals surface area contributed by atoms with Crippen LogP contribution in [0.5, 0.6) is 0 Å². The monoisotopic (exact) mass is 355 g/mol. The first-order chi connectivity index (χ1) is 11.4. The fraction of sp³-hybridized carbons (Fsp3) is 0.375. The van der Waals surface area contributed by atoms with Crippen molar-refractivity contribution in [2.45, 2.75) is 12.6 Å². The van der Waals surface area contributed by atoms with Gasteiger partial charge < -0.3 is 9.80 Å². The molecule has 0 radical (unpaired) electrons. The van der Waals surface area contributed by atoms with Crippen molar-refractivity contribution in [1.82, 2.24) is 9.88 Å². The minimum atomic E-state index is -4.38. The van der Waals surface area contributed by atoms with Gasteiger partial charge in [0.05, 0.1) is 11.1 Å². The summed E-state index contributed by atoms with van der Waals surface area (Å²) < 4.78 is 37.8. The maximum atomic E-state index is 12.6. The maximum absolute atomic E-state index is 12.6. The second-order valence-corrected chi connectivity index (χ2v) is 6.33. The fourth-order valence-electron chi connectivity index (χ4n) is 2.66. The zero-order chi connectivity index (χ0) is 17.2. The van der Waals surface area contributed by atoms with E-state index in [1.165, 1.54) is 17.4 Å². The molecule has 4 nitrogen and oxygen atoms in total. The number of halogens is 3. The van der Waals surface area contributed by atoms with Gasteiger partial charge in [-0.2, -0.15) is 24.5 Å². The van der Waals surface area contributed by atoms with Crippen LogP contribution in [0.2, 0.25) is 0 Å². The van der Waals surface area contributed by atoms with E-state index in [1.807, 2.05) is 15.7 Å². The Morgan fingerprint density at radius 1 is 1.12 bits per heavy atom. The molecule has 128 valence electrons. The topological polar surface area (TPSA) is 36.4 Å². The van der Waals surface area contributed by atoms with Crippen molar-refractivity contribution in [3.8, 4) is 0 Å². The van der Waals surface area contributed by atoms with Gasteiger partial charge in [0.1, 0.15) is 5.82 Å². The van der Waals surface area contributed by atoms with E-state index in [2.05, 4.69) is 4.98 Å². The minimum absolute atomic E-state index is 0.00141. The van der Waals surface area contributed by atoms with Gasteiger partial charge in [0, 0.05) is 37.8 Å². The Balaban J connectivity index is 1.66. The first-order valence-electron chi connectivity index (χ1n) is 7.55. The Bertz CT molecular complexity index is 686. The summed E-state index contributed by atoms with van der Waals surface area (Å²) in [7, 11) is 0. The molecular weight excluding hydrogens is 339 g/mol. The van der Waals surface area contributed by atoms with Crippen molar-refractivity contribution in [2.24, 2.45) is 0 Å². The Morgan fingerprint density at radius 3 is 2.58 bits per heavy atom. The first-order valence-corrected chi connectivity index (χ1v) is 8.49. The van der Waals surface area contributed by atoms with E-state index in [1.54, 1.807) is 11.0 Å². The van der Waals surface area contributed by atoms with Gasteiger partial charge in [-0.3, -0.25) is 4.79 Å². The van der Waals surface area contributed by atoms with Crippen molar-refractivity contribution in [1.29, 1.82) is 0 Å². The molecule has 0 unspecified atom stereocenters. The van der Waals surface area contributed by atoms with Crippen LogP contribution >= 0.6 is 11.3 Å². The molecule has 2 aromatic rings. The molecule has 0 bridgehead atoms. The number of carbonyl (C=O) groups excluding carboxylic acids is 1. The molecule has 1 amide bonds. The molecular formula is C16H16F3N3OS. The summed E-state index contributed by atoms with van der Waals surface area (Å²) in [6.45, 7) is 2.36. The summed E-state index contributed by atoms with van der Waals surface area (Å²) in [5.41, 5.74) is -0.0727. The maximum Gasteiger partial charge on any atom is 0.417 e. The number of pyridine rings is 1. The van der Waals surface area contributed by atoms with E-state index in [9.17, 15) is 18.0 Å². The van der Waals surface area contributed by atoms with E-state index < -0.39 is 11.7 Å². The molecule has 1 saturated heterocycles. The minimum Gasteiger partial charge on any atom is -0.355 e. The van der Waals surface area contributed by atoms with Crippen molar-refractivity contribution >= 4 is 23.1 Å². The number of thiophene rings is 1. The van der Waals surface area contributed by atoms with Crippen molar-refractivity contribution in [3.63, 3.8) is 0 Å². The van der Waals surface area contributed by atoms with E-state index in [0.717, 1.165) is 18.7 Å². The molecule has 1 fully saturated rings. The molecule has 1 aliphatic heterocycles. The van der Waals surface area contributed by atoms with Gasteiger partial charge in [0.25, 0.3) is 5.91 Å². The highest BCUT2D eigenvalue weighted by molar-refractivity contribution is 7.08. The van der Waals surface area contributed by atoms with Gasteiger partial charge in [-0.05, 0) is 30.0 Å². The summed E-state index contributed by atoms with van der Waals surface area (Å²) in [6, 6.07) is 4.23. The van der Waals surface area contributed by atoms with E-state index in [-0.39, 0.29) is 5.91 Å². The van der Waals surface area contributed by atoms with Gasteiger partial charge in [-0.1, -0.05) is 0 Å². The quantitative estimate of drug-likeness (QED) is 0.827. The summed E-state index contributed by atoms with van der Waals surface area (Å²) in [6.07, 6.45) is -2.78. The van der Waals surface area contributed by atoms with Gasteiger partial charge in [-0.25, -0.2) is 4.98 Å². The molecule has 1 aliphatic rings. The molecule has 3 heterocycles. The summed E-state index contributed by atoms with van der Waals surface area (Å²) >= 11 is 1.48. The summed E-state index contributed by atoms with van der Waals surface area (Å²) in [5, 5.41) is 3.69. The lowest BCUT2D eigenvalue weighted by Gasteiger charge is -2.23. The van der Waals surface area contributed by atoms with Crippen LogP contribution in [0.15, 0.2) is 35.2 Å². The lowest BCUT2D eigenvalue weighted by atomic mass is 10.2. The number of hydrogen-bond acceptors (Lipinski definition) is 4. The van der Waals surface area contributed by atoms with Crippen molar-refractivity contribution in [2.75, 3.05) is 31.1 Å². The van der Waals surface area contributed by atoms with Crippen molar-refractivity contribution in [3.05, 3.63) is 46.3 Å². The smallest absolute Gasteiger partial charge is 0.355 e. The Kier molecular flexibility index (Phi) is 4.75. The molecule has 8 heteroatoms. The predicted molar refractivity (Wildman–Crippen MR) is 86.3 cm³/mol. The average molecular weight is 355 g/mol. The normalized spacial score (nSPS) is 16.1. The summed E-state index contributed by atoms with van der Waals surface area (Å²) in [4.78, 5) is 20.0. The molecule has 24 heavy (non-hydrogen) atoms. The Hall–Kier alpha value is -2.09. The van der Waals surface area contributed by atoms with Gasteiger partial charge in [-0.15, -0.1) is 0 Å². The lowest BCUT2D eigenvalue weighted by molar-refractivity contribution is -0.137. The number of alkyl halides is 3. The largest absolute Gasteiger partial charge is 0.417 e. The molecule has 2 aromatic heterocycles. The van der Waals surface area contributed by atoms with Crippen molar-refractivity contribution < 1.29 is 18.0 Å². The zero-order valence-corrected chi connectivity index (χ0v) is 13.6. The standard InChI is InChI=1S/C16H16F3N3OS/c17-16(18,19)13-2-3-14(20-10-13)21-5-1-6-22(8-7-21)15(23)12-4-9-24-11-12/h2-4,9-11H,1,5-8H2. The average Bonchev–Trinajstić information content (AvgIpc) is 2.98. The molecule has 0 aromatic carbocycles. The molecule has 0 spiro atoms. The predicted octanol–water partition coefficient (Wildman–Crippen LogP) is 3.51. The van der Waals surface area contributed by atoms with Gasteiger partial charge >= 0.3 is 6.18 Å². The van der Waals surface area contributed by atoms with E-state index >= 15 is 0 Å². The number of carbonyl (C=O) groups is 1. The first kappa shape index (κ1) is 16.8. The molecule has 0 aliphatic carbocycles. The number of anilines is 1. The SMILES string of the molecule is O=C(c1ccsc1)N1CCCN(c2ccc(C(F)(F)F)cn2)CC1. The third-order valence-corrected chi connectivity index (χ3v) is 4.63. The molecule has 0 N–H and O–H groups in total. The van der Waals surface area contributed by atoms with E-state index in [0.29, 0.717) is 37.6 Å². The van der Waals surface area contributed by atoms with Gasteiger partial charge in [0.15, 0.2) is 0 Å². The summed E-state index contributed by atoms with van der Waals surface area (Å²) in [5.74, 6) is 0.506. The van der Waals surface area contributed by atoms with Crippen LogP contribution in [0.4, 0.5) is 19.0 Å². The number of nitrogens with zero attached hydrogens (tertiary/aromatic N) is 3. The number of amides is 1. The number of hydrogen-bond donors (Lipinski definition) is 0. The van der Waals surface area contributed by atoms with Crippen LogP contribution in [-0.2, 0) is 6.18 Å². The van der Waals surface area contributed by atoms with Crippen LogP contribution in [-0.4, -0.2) is 42.0 Å². The molecule has 0 atom stereocenters. The fourth-order valence-corrected chi connectivity index (χ4v) is 3.29. The lowest BCUT2D eigenvalue weighted by Crippen LogP contribution is -2.35. The number of aromatic nitrogens is 1. The van der Waals surface area contributed by atoms with Crippen LogP contribution in [0.25, 0.3) is 0 Å². The van der Waals surface area contributed by atoms with Crippen LogP contribution in [0.1, 0.15) is 22.3 Å². The van der Waals surface area contributed by atoms with E-state index in [4.69, 9.17) is 0 Å². The highest BCUT2D eigenvalue weighted by Gasteiger charge is 2.31. The third-order valence-electron chi connectivity index (χ3n) is 3.95. The van der Waals surface area contributed by atoms with Crippen LogP contribution in [0.3, 0.4) is 0 Å². The third kappa shape index (κ3) is 3.69. The van der Waals surface area contributed by atoms with Crippen LogP contribution < -0.4 is 4.90 Å². The number of rotatable bonds is 2. The second-order valence-electron chi connectivity index (χ2n) is 5.55. The highest BCUT2D eigenvalue weighted by Crippen LogP contribution is 2.29. The zero-order valence-electron chi connectivity index (χ0n) is 12.8. The van der Waals surface area contributed by atoms with Crippen LogP contribution in [0, 0.1) is 0 Å². The Morgan fingerprint density at radius 2 is 1.96 bits per heavy atom. The molecule has 3 rings (SSSR count). The van der Waals surface area contributed by atoms with Gasteiger partial charge in [0.2, 0.25) is 0 Å². The molecule has 0 saturated carbocycles. The Labute approximate surface area is 141 Å². The second kappa shape index (κ2) is 6.80.